The molecule has 0 radical (unpaired) electrons. The molecule has 0 bridgehead atoms. The van der Waals surface area contributed by atoms with Crippen molar-refractivity contribution in [3.63, 3.8) is 0 Å². The quantitative estimate of drug-likeness (QED) is 0.368. The number of nitrogens with zero attached hydrogens (tertiary/aromatic N) is 3. The lowest BCUT2D eigenvalue weighted by atomic mass is 10.1. The summed E-state index contributed by atoms with van der Waals surface area (Å²) in [5.74, 6) is 7.65. The highest BCUT2D eigenvalue weighted by Gasteiger charge is 2.19. The molecule has 0 saturated carbocycles. The van der Waals surface area contributed by atoms with Crippen molar-refractivity contribution in [3.05, 3.63) is 40.4 Å². The van der Waals surface area contributed by atoms with E-state index in [2.05, 4.69) is 15.5 Å². The van der Waals surface area contributed by atoms with Crippen molar-refractivity contribution in [2.75, 3.05) is 38.2 Å². The van der Waals surface area contributed by atoms with Gasteiger partial charge in [-0.3, -0.25) is 4.79 Å². The highest BCUT2D eigenvalue weighted by molar-refractivity contribution is 7.99. The summed E-state index contributed by atoms with van der Waals surface area (Å²) in [6.45, 7) is 0. The molecule has 0 unspecified atom stereocenters. The summed E-state index contributed by atoms with van der Waals surface area (Å²) in [5.41, 5.74) is 1.10. The summed E-state index contributed by atoms with van der Waals surface area (Å²) >= 11 is 13.0. The fourth-order valence-corrected chi connectivity index (χ4v) is 3.92. The Bertz CT molecular complexity index is 1060. The van der Waals surface area contributed by atoms with E-state index in [-0.39, 0.29) is 11.7 Å². The lowest BCUT2D eigenvalue weighted by Gasteiger charge is -2.13. The number of hydrogen-bond acceptors (Lipinski definition) is 8. The molecule has 0 fully saturated rings. The number of nitrogens with one attached hydrogen (secondary N) is 1. The van der Waals surface area contributed by atoms with E-state index < -0.39 is 0 Å². The number of benzene rings is 2. The minimum absolute atomic E-state index is 0.0503. The summed E-state index contributed by atoms with van der Waals surface area (Å²) in [5, 5.41) is 12.1. The number of ether oxygens (including phenoxy) is 3. The van der Waals surface area contributed by atoms with Gasteiger partial charge >= 0.3 is 0 Å². The summed E-state index contributed by atoms with van der Waals surface area (Å²) in [6, 6.07) is 8.20. The second-order valence-corrected chi connectivity index (χ2v) is 7.90. The zero-order valence-electron chi connectivity index (χ0n) is 16.8. The van der Waals surface area contributed by atoms with Gasteiger partial charge in [0.2, 0.25) is 16.8 Å². The number of carbonyl (C=O) groups excluding carboxylic acids is 1. The SMILES string of the molecule is COc1cc(-c2nnc(SCC(=O)Nc3cc(Cl)cc(Cl)c3)n2N)cc(OC)c1OC. The molecule has 3 rings (SSSR count). The van der Waals surface area contributed by atoms with Gasteiger partial charge in [0, 0.05) is 21.3 Å². The third-order valence-electron chi connectivity index (χ3n) is 4.07. The van der Waals surface area contributed by atoms with Crippen molar-refractivity contribution in [1.82, 2.24) is 14.9 Å². The highest BCUT2D eigenvalue weighted by Crippen LogP contribution is 2.40. The zero-order valence-corrected chi connectivity index (χ0v) is 19.1. The van der Waals surface area contributed by atoms with Crippen LogP contribution >= 0.6 is 35.0 Å². The minimum Gasteiger partial charge on any atom is -0.493 e. The van der Waals surface area contributed by atoms with Gasteiger partial charge in [-0.1, -0.05) is 35.0 Å². The zero-order chi connectivity index (χ0) is 22.5. The first-order valence-corrected chi connectivity index (χ1v) is 10.5. The monoisotopic (exact) mass is 483 g/mol. The third kappa shape index (κ3) is 5.27. The van der Waals surface area contributed by atoms with E-state index in [1.165, 1.54) is 26.0 Å². The number of thioether (sulfide) groups is 1. The van der Waals surface area contributed by atoms with Gasteiger partial charge in [0.25, 0.3) is 0 Å². The predicted octanol–water partition coefficient (Wildman–Crippen LogP) is 3.72. The van der Waals surface area contributed by atoms with E-state index in [9.17, 15) is 4.79 Å². The smallest absolute Gasteiger partial charge is 0.234 e. The van der Waals surface area contributed by atoms with Crippen LogP contribution in [0.4, 0.5) is 5.69 Å². The Balaban J connectivity index is 1.75. The molecule has 0 aliphatic carbocycles. The number of halogens is 2. The number of hydrogen-bond donors (Lipinski definition) is 2. The molecular formula is C19H19Cl2N5O4S. The van der Waals surface area contributed by atoms with Crippen LogP contribution in [0.3, 0.4) is 0 Å². The van der Waals surface area contributed by atoms with Gasteiger partial charge in [-0.15, -0.1) is 10.2 Å². The molecule has 0 spiro atoms. The van der Waals surface area contributed by atoms with Crippen LogP contribution in [0.25, 0.3) is 11.4 Å². The number of rotatable bonds is 8. The average molecular weight is 484 g/mol. The van der Waals surface area contributed by atoms with Crippen molar-refractivity contribution < 1.29 is 19.0 Å². The van der Waals surface area contributed by atoms with Crippen LogP contribution in [0.15, 0.2) is 35.5 Å². The molecule has 2 aromatic carbocycles. The number of nitrogen functional groups attached to an aromatic ring is 1. The molecule has 12 heteroatoms. The van der Waals surface area contributed by atoms with E-state index in [0.717, 1.165) is 11.8 Å². The van der Waals surface area contributed by atoms with E-state index in [1.54, 1.807) is 30.3 Å². The highest BCUT2D eigenvalue weighted by atomic mass is 35.5. The molecule has 1 amide bonds. The fraction of sp³-hybridized carbons (Fsp3) is 0.211. The normalized spacial score (nSPS) is 10.6. The van der Waals surface area contributed by atoms with Gasteiger partial charge in [0.1, 0.15) is 0 Å². The van der Waals surface area contributed by atoms with Crippen LogP contribution in [0.5, 0.6) is 17.2 Å². The minimum atomic E-state index is -0.277. The van der Waals surface area contributed by atoms with Gasteiger partial charge in [0.15, 0.2) is 17.3 Å². The van der Waals surface area contributed by atoms with Crippen LogP contribution in [0.2, 0.25) is 10.0 Å². The summed E-state index contributed by atoms with van der Waals surface area (Å²) in [4.78, 5) is 12.3. The number of amides is 1. The number of anilines is 1. The van der Waals surface area contributed by atoms with Gasteiger partial charge in [0.05, 0.1) is 27.1 Å². The molecular weight excluding hydrogens is 465 g/mol. The van der Waals surface area contributed by atoms with Gasteiger partial charge in [-0.05, 0) is 30.3 Å². The van der Waals surface area contributed by atoms with Crippen LogP contribution in [-0.4, -0.2) is 47.9 Å². The average Bonchev–Trinajstić information content (AvgIpc) is 3.10. The van der Waals surface area contributed by atoms with Crippen molar-refractivity contribution >= 4 is 46.6 Å². The molecule has 9 nitrogen and oxygen atoms in total. The van der Waals surface area contributed by atoms with Crippen molar-refractivity contribution in [2.45, 2.75) is 5.16 Å². The topological polar surface area (TPSA) is 114 Å². The standard InChI is InChI=1S/C19H19Cl2N5O4S/c1-28-14-4-10(5-15(29-2)17(14)30-3)18-24-25-19(26(18)22)31-9-16(27)23-13-7-11(20)6-12(21)8-13/h4-8H,9,22H2,1-3H3,(H,23,27). The maximum Gasteiger partial charge on any atom is 0.234 e. The molecule has 0 aliphatic rings. The summed E-state index contributed by atoms with van der Waals surface area (Å²) in [7, 11) is 4.55. The Morgan fingerprint density at radius 3 is 2.19 bits per heavy atom. The first kappa shape index (κ1) is 22.9. The van der Waals surface area contributed by atoms with E-state index >= 15 is 0 Å². The Morgan fingerprint density at radius 1 is 1.03 bits per heavy atom. The molecule has 3 aromatic rings. The first-order chi connectivity index (χ1) is 14.9. The maximum atomic E-state index is 12.3. The molecule has 0 atom stereocenters. The molecule has 31 heavy (non-hydrogen) atoms. The lowest BCUT2D eigenvalue weighted by Crippen LogP contribution is -2.16. The summed E-state index contributed by atoms with van der Waals surface area (Å²) in [6.07, 6.45) is 0. The molecule has 0 saturated heterocycles. The second-order valence-electron chi connectivity index (χ2n) is 6.09. The fourth-order valence-electron chi connectivity index (χ4n) is 2.74. The largest absolute Gasteiger partial charge is 0.493 e. The van der Waals surface area contributed by atoms with Crippen molar-refractivity contribution in [2.24, 2.45) is 0 Å². The van der Waals surface area contributed by atoms with Crippen LogP contribution in [-0.2, 0) is 4.79 Å². The predicted molar refractivity (Wildman–Crippen MR) is 121 cm³/mol. The Hall–Kier alpha value is -2.82. The van der Waals surface area contributed by atoms with Gasteiger partial charge in [-0.2, -0.15) is 0 Å². The van der Waals surface area contributed by atoms with Gasteiger partial charge < -0.3 is 25.4 Å². The molecule has 164 valence electrons. The Kier molecular flexibility index (Phi) is 7.37. The van der Waals surface area contributed by atoms with Gasteiger partial charge in [-0.25, -0.2) is 4.68 Å². The summed E-state index contributed by atoms with van der Waals surface area (Å²) < 4.78 is 17.3. The van der Waals surface area contributed by atoms with Crippen molar-refractivity contribution in [1.29, 1.82) is 0 Å². The number of aromatic nitrogens is 3. The maximum absolute atomic E-state index is 12.3. The third-order valence-corrected chi connectivity index (χ3v) is 5.45. The Morgan fingerprint density at radius 2 is 1.65 bits per heavy atom. The number of carbonyl (C=O) groups is 1. The number of methoxy groups -OCH3 is 3. The van der Waals surface area contributed by atoms with E-state index in [0.29, 0.717) is 49.5 Å². The van der Waals surface area contributed by atoms with E-state index in [1.807, 2.05) is 0 Å². The van der Waals surface area contributed by atoms with Crippen LogP contribution in [0.1, 0.15) is 0 Å². The lowest BCUT2D eigenvalue weighted by molar-refractivity contribution is -0.113. The molecule has 1 aromatic heterocycles. The second kappa shape index (κ2) is 9.99. The molecule has 1 heterocycles. The van der Waals surface area contributed by atoms with Crippen molar-refractivity contribution in [3.8, 4) is 28.6 Å². The van der Waals surface area contributed by atoms with E-state index in [4.69, 9.17) is 43.3 Å². The Labute approximate surface area is 192 Å². The van der Waals surface area contributed by atoms with Crippen LogP contribution < -0.4 is 25.4 Å². The number of nitrogens with two attached hydrogens (primary N) is 1. The van der Waals surface area contributed by atoms with Crippen LogP contribution in [0, 0.1) is 0 Å². The first-order valence-electron chi connectivity index (χ1n) is 8.75. The molecule has 3 N–H and O–H groups in total. The molecule has 0 aliphatic heterocycles.